The summed E-state index contributed by atoms with van der Waals surface area (Å²) in [6, 6.07) is 3.64. The third-order valence-corrected chi connectivity index (χ3v) is 3.41. The Hall–Kier alpha value is -2.12. The molecule has 0 aliphatic rings. The van der Waals surface area contributed by atoms with E-state index in [9.17, 15) is 14.3 Å². The molecule has 3 N–H and O–H groups in total. The molecule has 0 saturated carbocycles. The second kappa shape index (κ2) is 6.33. The standard InChI is InChI=1S/C14H16ClFN4O2/c1-14(22,9-6-18-20(2)7-9)8-17-13(21)19-11-5-3-4-10(15)12(11)16/h3-7,22H,8H2,1-2H3,(H2,17,19,21). The van der Waals surface area contributed by atoms with Crippen molar-refractivity contribution in [2.24, 2.45) is 7.05 Å². The number of aromatic nitrogens is 2. The van der Waals surface area contributed by atoms with Gasteiger partial charge >= 0.3 is 6.03 Å². The molecule has 2 amide bonds. The van der Waals surface area contributed by atoms with Crippen LogP contribution in [0.1, 0.15) is 12.5 Å². The fraction of sp³-hybridized carbons (Fsp3) is 0.286. The van der Waals surface area contributed by atoms with E-state index in [1.54, 1.807) is 24.9 Å². The number of urea groups is 1. The van der Waals surface area contributed by atoms with E-state index in [-0.39, 0.29) is 17.3 Å². The second-order valence-corrected chi connectivity index (χ2v) is 5.49. The number of rotatable bonds is 4. The van der Waals surface area contributed by atoms with E-state index in [0.717, 1.165) is 0 Å². The molecule has 2 aromatic rings. The van der Waals surface area contributed by atoms with E-state index in [4.69, 9.17) is 11.6 Å². The predicted molar refractivity (Wildman–Crippen MR) is 81.2 cm³/mol. The molecule has 8 heteroatoms. The highest BCUT2D eigenvalue weighted by Gasteiger charge is 2.25. The summed E-state index contributed by atoms with van der Waals surface area (Å²) in [6.45, 7) is 1.48. The van der Waals surface area contributed by atoms with Crippen molar-refractivity contribution in [2.45, 2.75) is 12.5 Å². The van der Waals surface area contributed by atoms with Gasteiger partial charge in [0, 0.05) is 18.8 Å². The Labute approximate surface area is 131 Å². The van der Waals surface area contributed by atoms with Crippen molar-refractivity contribution in [3.8, 4) is 0 Å². The monoisotopic (exact) mass is 326 g/mol. The summed E-state index contributed by atoms with van der Waals surface area (Å²) in [5.74, 6) is -0.710. The Bertz CT molecular complexity index is 687. The van der Waals surface area contributed by atoms with Crippen LogP contribution in [0.4, 0.5) is 14.9 Å². The van der Waals surface area contributed by atoms with E-state index >= 15 is 0 Å². The zero-order valence-corrected chi connectivity index (χ0v) is 12.9. The molecule has 1 aromatic heterocycles. The molecule has 0 aliphatic carbocycles. The van der Waals surface area contributed by atoms with Gasteiger partial charge in [-0.15, -0.1) is 0 Å². The predicted octanol–water partition coefficient (Wildman–Crippen LogP) is 2.24. The van der Waals surface area contributed by atoms with Gasteiger partial charge in [-0.3, -0.25) is 4.68 Å². The zero-order valence-electron chi connectivity index (χ0n) is 12.1. The van der Waals surface area contributed by atoms with Crippen molar-refractivity contribution in [3.05, 3.63) is 47.0 Å². The maximum Gasteiger partial charge on any atom is 0.319 e. The number of carbonyl (C=O) groups is 1. The smallest absolute Gasteiger partial charge is 0.319 e. The van der Waals surface area contributed by atoms with Gasteiger partial charge in [-0.1, -0.05) is 17.7 Å². The van der Waals surface area contributed by atoms with Gasteiger partial charge in [0.25, 0.3) is 0 Å². The molecular weight excluding hydrogens is 311 g/mol. The van der Waals surface area contributed by atoms with Gasteiger partial charge in [0.15, 0.2) is 5.82 Å². The van der Waals surface area contributed by atoms with E-state index in [1.807, 2.05) is 0 Å². The number of aliphatic hydroxyl groups is 1. The van der Waals surface area contributed by atoms with Gasteiger partial charge in [-0.25, -0.2) is 9.18 Å². The maximum atomic E-state index is 13.7. The number of nitrogens with one attached hydrogen (secondary N) is 2. The molecule has 0 bridgehead atoms. The first-order valence-corrected chi connectivity index (χ1v) is 6.88. The minimum absolute atomic E-state index is 0.0361. The summed E-state index contributed by atoms with van der Waals surface area (Å²) in [4.78, 5) is 11.8. The first kappa shape index (κ1) is 16.3. The van der Waals surface area contributed by atoms with E-state index in [0.29, 0.717) is 5.56 Å². The van der Waals surface area contributed by atoms with Crippen molar-refractivity contribution in [1.29, 1.82) is 0 Å². The fourth-order valence-electron chi connectivity index (χ4n) is 1.82. The zero-order chi connectivity index (χ0) is 16.3. The normalized spacial score (nSPS) is 13.5. The molecule has 6 nitrogen and oxygen atoms in total. The number of anilines is 1. The van der Waals surface area contributed by atoms with Crippen LogP contribution in [0.3, 0.4) is 0 Å². The van der Waals surface area contributed by atoms with Crippen LogP contribution in [0.15, 0.2) is 30.6 Å². The summed E-state index contributed by atoms with van der Waals surface area (Å²) in [5.41, 5.74) is -0.770. The van der Waals surface area contributed by atoms with E-state index < -0.39 is 17.4 Å². The lowest BCUT2D eigenvalue weighted by molar-refractivity contribution is 0.0599. The Kier molecular flexibility index (Phi) is 4.68. The summed E-state index contributed by atoms with van der Waals surface area (Å²) in [5, 5.41) is 19.0. The van der Waals surface area contributed by atoms with Crippen LogP contribution < -0.4 is 10.6 Å². The number of aryl methyl sites for hydroxylation is 1. The Morgan fingerprint density at radius 2 is 2.27 bits per heavy atom. The van der Waals surface area contributed by atoms with Gasteiger partial charge in [-0.05, 0) is 19.1 Å². The number of carbonyl (C=O) groups excluding carboxylic acids is 1. The Morgan fingerprint density at radius 3 is 2.91 bits per heavy atom. The van der Waals surface area contributed by atoms with Crippen LogP contribution in [0.2, 0.25) is 5.02 Å². The van der Waals surface area contributed by atoms with Gasteiger partial charge in [-0.2, -0.15) is 5.10 Å². The summed E-state index contributed by atoms with van der Waals surface area (Å²) >= 11 is 5.63. The third-order valence-electron chi connectivity index (χ3n) is 3.12. The van der Waals surface area contributed by atoms with Crippen LogP contribution in [-0.4, -0.2) is 27.5 Å². The minimum atomic E-state index is -1.29. The quantitative estimate of drug-likeness (QED) is 0.806. The van der Waals surface area contributed by atoms with Crippen LogP contribution in [0.5, 0.6) is 0 Å². The lowest BCUT2D eigenvalue weighted by Gasteiger charge is -2.22. The molecular formula is C14H16ClFN4O2. The molecule has 2 rings (SSSR count). The SMILES string of the molecule is Cn1cc(C(C)(O)CNC(=O)Nc2cccc(Cl)c2F)cn1. The Balaban J connectivity index is 1.96. The molecule has 1 unspecified atom stereocenters. The molecule has 1 aromatic carbocycles. The number of hydrogen-bond acceptors (Lipinski definition) is 3. The van der Waals surface area contributed by atoms with Crippen molar-refractivity contribution in [1.82, 2.24) is 15.1 Å². The minimum Gasteiger partial charge on any atom is -0.383 e. The van der Waals surface area contributed by atoms with Gasteiger partial charge in [0.2, 0.25) is 0 Å². The molecule has 0 fully saturated rings. The van der Waals surface area contributed by atoms with Crippen molar-refractivity contribution in [2.75, 3.05) is 11.9 Å². The molecule has 22 heavy (non-hydrogen) atoms. The number of hydrogen-bond donors (Lipinski definition) is 3. The lowest BCUT2D eigenvalue weighted by Crippen LogP contribution is -2.40. The highest BCUT2D eigenvalue weighted by Crippen LogP contribution is 2.22. The number of benzene rings is 1. The van der Waals surface area contributed by atoms with E-state index in [2.05, 4.69) is 15.7 Å². The largest absolute Gasteiger partial charge is 0.383 e. The number of halogens is 2. The highest BCUT2D eigenvalue weighted by molar-refractivity contribution is 6.31. The van der Waals surface area contributed by atoms with Gasteiger partial charge in [0.1, 0.15) is 5.60 Å². The average molecular weight is 327 g/mol. The van der Waals surface area contributed by atoms with E-state index in [1.165, 1.54) is 24.4 Å². The lowest BCUT2D eigenvalue weighted by atomic mass is 10.00. The molecule has 118 valence electrons. The van der Waals surface area contributed by atoms with Crippen molar-refractivity contribution < 1.29 is 14.3 Å². The first-order chi connectivity index (χ1) is 10.3. The second-order valence-electron chi connectivity index (χ2n) is 5.09. The maximum absolute atomic E-state index is 13.7. The molecule has 0 aliphatic heterocycles. The molecule has 0 saturated heterocycles. The third kappa shape index (κ3) is 3.75. The van der Waals surface area contributed by atoms with Gasteiger partial charge in [0.05, 0.1) is 23.5 Å². The van der Waals surface area contributed by atoms with Crippen LogP contribution >= 0.6 is 11.6 Å². The fourth-order valence-corrected chi connectivity index (χ4v) is 2.00. The van der Waals surface area contributed by atoms with Crippen molar-refractivity contribution in [3.63, 3.8) is 0 Å². The summed E-state index contributed by atoms with van der Waals surface area (Å²) in [6.07, 6.45) is 3.16. The number of amides is 2. The van der Waals surface area contributed by atoms with Crippen LogP contribution in [-0.2, 0) is 12.6 Å². The Morgan fingerprint density at radius 1 is 1.55 bits per heavy atom. The first-order valence-electron chi connectivity index (χ1n) is 6.50. The molecule has 0 spiro atoms. The number of nitrogens with zero attached hydrogens (tertiary/aromatic N) is 2. The van der Waals surface area contributed by atoms with Crippen molar-refractivity contribution >= 4 is 23.3 Å². The summed E-state index contributed by atoms with van der Waals surface area (Å²) in [7, 11) is 1.72. The summed E-state index contributed by atoms with van der Waals surface area (Å²) < 4.78 is 15.2. The topological polar surface area (TPSA) is 79.2 Å². The molecule has 0 radical (unpaired) electrons. The average Bonchev–Trinajstić information content (AvgIpc) is 2.89. The van der Waals surface area contributed by atoms with Crippen LogP contribution in [0.25, 0.3) is 0 Å². The van der Waals surface area contributed by atoms with Gasteiger partial charge < -0.3 is 15.7 Å². The highest BCUT2D eigenvalue weighted by atomic mass is 35.5. The molecule has 1 heterocycles. The molecule has 1 atom stereocenters. The van der Waals surface area contributed by atoms with Crippen LogP contribution in [0, 0.1) is 5.82 Å².